The number of aromatic amines is 1. The molecule has 5 rings (SSSR count). The largest absolute Gasteiger partial charge is 0.489 e. The molecule has 1 fully saturated rings. The minimum atomic E-state index is -1.23. The van der Waals surface area contributed by atoms with Crippen LogP contribution in [0.25, 0.3) is 11.0 Å². The zero-order valence-corrected chi connectivity index (χ0v) is 26.9. The Labute approximate surface area is 256 Å². The molecule has 2 aromatic carbocycles. The Morgan fingerprint density at radius 2 is 1.74 bits per heavy atom. The maximum absolute atomic E-state index is 6.34. The second-order valence-electron chi connectivity index (χ2n) is 10.8. The Kier molecular flexibility index (Phi) is 10.4. The standard InChI is InChI=1S/C32H44N7O3P/c1-7-38(8-2)24-16-19-39(20-17-24)27-14-13-23(21-28(27)42-22(3)4)34-32-36-30-25(15-18-33-30)31(37-32)35-26-11-9-10-12-29(26)43(40-5)41-6/h9-15,18,21-22,24H,7-8,16-17,19-20H2,1-6H3,(H3,33,34,35,36,37). The van der Waals surface area contributed by atoms with E-state index in [4.69, 9.17) is 23.8 Å². The molecule has 3 N–H and O–H groups in total. The van der Waals surface area contributed by atoms with Gasteiger partial charge < -0.3 is 39.2 Å². The van der Waals surface area contributed by atoms with Crippen LogP contribution in [0.4, 0.5) is 28.8 Å². The van der Waals surface area contributed by atoms with Crippen LogP contribution in [-0.4, -0.2) is 72.4 Å². The first-order chi connectivity index (χ1) is 20.9. The predicted molar refractivity (Wildman–Crippen MR) is 178 cm³/mol. The van der Waals surface area contributed by atoms with Crippen LogP contribution in [0.15, 0.2) is 54.7 Å². The lowest BCUT2D eigenvalue weighted by atomic mass is 10.0. The molecule has 3 heterocycles. The summed E-state index contributed by atoms with van der Waals surface area (Å²) >= 11 is 0. The van der Waals surface area contributed by atoms with Crippen molar-refractivity contribution >= 4 is 53.5 Å². The number of hydrogen-bond donors (Lipinski definition) is 3. The van der Waals surface area contributed by atoms with Gasteiger partial charge in [0.1, 0.15) is 17.2 Å². The van der Waals surface area contributed by atoms with Crippen molar-refractivity contribution in [1.29, 1.82) is 0 Å². The van der Waals surface area contributed by atoms with Crippen LogP contribution in [0.5, 0.6) is 5.75 Å². The molecule has 0 amide bonds. The third kappa shape index (κ3) is 7.21. The second-order valence-corrected chi connectivity index (χ2v) is 12.5. The Bertz CT molecular complexity index is 1480. The van der Waals surface area contributed by atoms with E-state index in [1.807, 2.05) is 36.5 Å². The minimum absolute atomic E-state index is 0.0503. The average Bonchev–Trinajstić information content (AvgIpc) is 3.49. The monoisotopic (exact) mass is 605 g/mol. The molecule has 43 heavy (non-hydrogen) atoms. The maximum atomic E-state index is 6.34. The molecule has 0 atom stereocenters. The van der Waals surface area contributed by atoms with Gasteiger partial charge >= 0.3 is 0 Å². The van der Waals surface area contributed by atoms with Gasteiger partial charge in [0.15, 0.2) is 0 Å². The van der Waals surface area contributed by atoms with E-state index in [1.54, 1.807) is 14.2 Å². The second kappa shape index (κ2) is 14.4. The number of nitrogens with one attached hydrogen (secondary N) is 3. The lowest BCUT2D eigenvalue weighted by Gasteiger charge is -2.39. The number of ether oxygens (including phenoxy) is 1. The minimum Gasteiger partial charge on any atom is -0.489 e. The van der Waals surface area contributed by atoms with Crippen LogP contribution in [-0.2, 0) is 9.05 Å². The molecule has 0 radical (unpaired) electrons. The molecule has 0 spiro atoms. The van der Waals surface area contributed by atoms with Gasteiger partial charge in [-0.25, -0.2) is 0 Å². The van der Waals surface area contributed by atoms with Gasteiger partial charge in [-0.3, -0.25) is 0 Å². The molecule has 11 heteroatoms. The summed E-state index contributed by atoms with van der Waals surface area (Å²) in [5.41, 5.74) is 3.58. The van der Waals surface area contributed by atoms with Crippen LogP contribution in [0, 0.1) is 0 Å². The molecular formula is C32H44N7O3P. The summed E-state index contributed by atoms with van der Waals surface area (Å²) in [5.74, 6) is 2.01. The number of benzene rings is 2. The molecule has 1 aliphatic rings. The number of aromatic nitrogens is 3. The number of piperidine rings is 1. The van der Waals surface area contributed by atoms with Crippen molar-refractivity contribution in [2.45, 2.75) is 52.7 Å². The van der Waals surface area contributed by atoms with Crippen LogP contribution in [0.2, 0.25) is 0 Å². The van der Waals surface area contributed by atoms with E-state index >= 15 is 0 Å². The lowest BCUT2D eigenvalue weighted by Crippen LogP contribution is -2.45. The van der Waals surface area contributed by atoms with Gasteiger partial charge in [-0.1, -0.05) is 26.0 Å². The highest BCUT2D eigenvalue weighted by atomic mass is 31.2. The average molecular weight is 606 g/mol. The van der Waals surface area contributed by atoms with Crippen molar-refractivity contribution in [2.24, 2.45) is 0 Å². The van der Waals surface area contributed by atoms with Gasteiger partial charge in [0, 0.05) is 51.3 Å². The fraction of sp³-hybridized carbons (Fsp3) is 0.438. The molecule has 0 saturated carbocycles. The molecule has 1 saturated heterocycles. The van der Waals surface area contributed by atoms with Crippen LogP contribution in [0.3, 0.4) is 0 Å². The lowest BCUT2D eigenvalue weighted by molar-refractivity contribution is 0.185. The Morgan fingerprint density at radius 3 is 2.44 bits per heavy atom. The number of fused-ring (bicyclic) bond motifs is 1. The highest BCUT2D eigenvalue weighted by molar-refractivity contribution is 7.56. The maximum Gasteiger partial charge on any atom is 0.231 e. The molecular weight excluding hydrogens is 561 g/mol. The van der Waals surface area contributed by atoms with E-state index in [1.165, 1.54) is 0 Å². The zero-order chi connectivity index (χ0) is 30.3. The molecule has 2 aromatic heterocycles. The van der Waals surface area contributed by atoms with Crippen LogP contribution < -0.4 is 25.6 Å². The summed E-state index contributed by atoms with van der Waals surface area (Å²) in [4.78, 5) is 17.9. The third-order valence-electron chi connectivity index (χ3n) is 7.81. The van der Waals surface area contributed by atoms with E-state index < -0.39 is 8.38 Å². The highest BCUT2D eigenvalue weighted by Crippen LogP contribution is 2.39. The third-order valence-corrected chi connectivity index (χ3v) is 9.26. The van der Waals surface area contributed by atoms with Crippen molar-refractivity contribution in [3.63, 3.8) is 0 Å². The summed E-state index contributed by atoms with van der Waals surface area (Å²) in [7, 11) is 2.08. The predicted octanol–water partition coefficient (Wildman–Crippen LogP) is 6.77. The van der Waals surface area contributed by atoms with Gasteiger partial charge in [0.05, 0.1) is 28.2 Å². The van der Waals surface area contributed by atoms with Gasteiger partial charge in [-0.05, 0) is 70.1 Å². The van der Waals surface area contributed by atoms with E-state index in [2.05, 4.69) is 71.3 Å². The zero-order valence-electron chi connectivity index (χ0n) is 26.1. The highest BCUT2D eigenvalue weighted by Gasteiger charge is 2.25. The number of hydrogen-bond acceptors (Lipinski definition) is 9. The van der Waals surface area contributed by atoms with Crippen molar-refractivity contribution in [1.82, 2.24) is 19.9 Å². The van der Waals surface area contributed by atoms with Crippen molar-refractivity contribution in [3.05, 3.63) is 54.7 Å². The molecule has 1 aliphatic heterocycles. The van der Waals surface area contributed by atoms with Crippen molar-refractivity contribution in [3.8, 4) is 5.75 Å². The molecule has 0 bridgehead atoms. The summed E-state index contributed by atoms with van der Waals surface area (Å²) in [6.07, 6.45) is 4.23. The number of anilines is 5. The summed E-state index contributed by atoms with van der Waals surface area (Å²) in [6.45, 7) is 12.9. The fourth-order valence-electron chi connectivity index (χ4n) is 5.77. The smallest absolute Gasteiger partial charge is 0.231 e. The van der Waals surface area contributed by atoms with E-state index in [-0.39, 0.29) is 6.10 Å². The summed E-state index contributed by atoms with van der Waals surface area (Å²) < 4.78 is 17.5. The first kappa shape index (κ1) is 31.0. The van der Waals surface area contributed by atoms with Crippen molar-refractivity contribution < 1.29 is 13.8 Å². The first-order valence-corrected chi connectivity index (χ1v) is 16.3. The Morgan fingerprint density at radius 1 is 1.00 bits per heavy atom. The Hall–Kier alpha value is -3.43. The van der Waals surface area contributed by atoms with Crippen LogP contribution in [0.1, 0.15) is 40.5 Å². The Balaban J connectivity index is 1.40. The first-order valence-electron chi connectivity index (χ1n) is 15.1. The van der Waals surface area contributed by atoms with E-state index in [9.17, 15) is 0 Å². The molecule has 230 valence electrons. The molecule has 0 unspecified atom stereocenters. The van der Waals surface area contributed by atoms with Crippen molar-refractivity contribution in [2.75, 3.05) is 55.9 Å². The van der Waals surface area contributed by atoms with Gasteiger partial charge in [-0.15, -0.1) is 0 Å². The number of para-hydroxylation sites is 1. The quantitative estimate of drug-likeness (QED) is 0.143. The van der Waals surface area contributed by atoms with Crippen LogP contribution >= 0.6 is 8.38 Å². The SMILES string of the molecule is CCN(CC)C1CCN(c2ccc(Nc3nc(Nc4ccccc4P(OC)OC)c4cc[nH]c4n3)cc2OC(C)C)CC1. The summed E-state index contributed by atoms with van der Waals surface area (Å²) in [5, 5.41) is 8.73. The molecule has 4 aromatic rings. The number of H-pyrrole nitrogens is 1. The normalized spacial score (nSPS) is 14.3. The van der Waals surface area contributed by atoms with Gasteiger partial charge in [-0.2, -0.15) is 9.97 Å². The topological polar surface area (TPSA) is 99.8 Å². The van der Waals surface area contributed by atoms with E-state index in [0.717, 1.165) is 78.2 Å². The molecule has 10 nitrogen and oxygen atoms in total. The van der Waals surface area contributed by atoms with E-state index in [0.29, 0.717) is 17.8 Å². The van der Waals surface area contributed by atoms with Gasteiger partial charge in [0.2, 0.25) is 14.3 Å². The summed E-state index contributed by atoms with van der Waals surface area (Å²) in [6, 6.07) is 16.8. The molecule has 0 aliphatic carbocycles. The number of nitrogens with zero attached hydrogens (tertiary/aromatic N) is 4. The fourth-order valence-corrected chi connectivity index (χ4v) is 6.85. The van der Waals surface area contributed by atoms with Gasteiger partial charge in [0.25, 0.3) is 0 Å². The number of rotatable bonds is 13.